The van der Waals surface area contributed by atoms with E-state index in [0.717, 1.165) is 25.2 Å². The van der Waals surface area contributed by atoms with Gasteiger partial charge in [-0.2, -0.15) is 0 Å². The molecule has 4 heteroatoms. The highest BCUT2D eigenvalue weighted by Crippen LogP contribution is 2.12. The molecule has 3 nitrogen and oxygen atoms in total. The number of hydrogen-bond donors (Lipinski definition) is 0. The Morgan fingerprint density at radius 1 is 1.27 bits per heavy atom. The average molecular weight is 228 g/mol. The summed E-state index contributed by atoms with van der Waals surface area (Å²) in [7, 11) is 6.24. The zero-order valence-electron chi connectivity index (χ0n) is 9.57. The van der Waals surface area contributed by atoms with E-state index < -0.39 is 0 Å². The van der Waals surface area contributed by atoms with Crippen LogP contribution >= 0.6 is 11.6 Å². The van der Waals surface area contributed by atoms with Crippen LogP contribution < -0.4 is 0 Å². The molecule has 0 amide bonds. The summed E-state index contributed by atoms with van der Waals surface area (Å²) in [6.07, 6.45) is 1.71. The maximum atomic E-state index is 5.98. The number of rotatable bonds is 5. The third-order valence-electron chi connectivity index (χ3n) is 2.21. The van der Waals surface area contributed by atoms with Gasteiger partial charge in [0.05, 0.1) is 0 Å². The molecule has 1 aromatic rings. The van der Waals surface area contributed by atoms with Crippen molar-refractivity contribution in [1.29, 1.82) is 0 Å². The van der Waals surface area contributed by atoms with Crippen LogP contribution in [0.25, 0.3) is 0 Å². The first-order chi connectivity index (χ1) is 7.09. The smallest absolute Gasteiger partial charge is 0.133 e. The van der Waals surface area contributed by atoms with Crippen LogP contribution in [0.2, 0.25) is 5.15 Å². The largest absolute Gasteiger partial charge is 0.308 e. The lowest BCUT2D eigenvalue weighted by atomic mass is 10.2. The van der Waals surface area contributed by atoms with Crippen LogP contribution in [0.3, 0.4) is 0 Å². The molecule has 0 saturated carbocycles. The van der Waals surface area contributed by atoms with Gasteiger partial charge in [-0.15, -0.1) is 0 Å². The fraction of sp³-hybridized carbons (Fsp3) is 0.545. The maximum Gasteiger partial charge on any atom is 0.133 e. The van der Waals surface area contributed by atoms with Crippen molar-refractivity contribution in [3.63, 3.8) is 0 Å². The number of halogens is 1. The Kier molecular flexibility index (Phi) is 5.02. The van der Waals surface area contributed by atoms with Crippen LogP contribution in [-0.4, -0.2) is 49.0 Å². The van der Waals surface area contributed by atoms with Gasteiger partial charge in [-0.05, 0) is 27.2 Å². The molecule has 0 aromatic carbocycles. The number of pyridine rings is 1. The lowest BCUT2D eigenvalue weighted by molar-refractivity contribution is 0.276. The lowest BCUT2D eigenvalue weighted by Crippen LogP contribution is -2.28. The van der Waals surface area contributed by atoms with Gasteiger partial charge in [-0.1, -0.05) is 17.7 Å². The van der Waals surface area contributed by atoms with Crippen molar-refractivity contribution in [3.8, 4) is 0 Å². The Morgan fingerprint density at radius 3 is 2.60 bits per heavy atom. The molecule has 0 unspecified atom stereocenters. The SMILES string of the molecule is CN(C)CCN(C)Cc1cccnc1Cl. The Bertz CT molecular complexity index is 302. The van der Waals surface area contributed by atoms with Crippen LogP contribution in [0.5, 0.6) is 0 Å². The van der Waals surface area contributed by atoms with Crippen LogP contribution in [0, 0.1) is 0 Å². The van der Waals surface area contributed by atoms with Crippen molar-refractivity contribution < 1.29 is 0 Å². The van der Waals surface area contributed by atoms with E-state index in [-0.39, 0.29) is 0 Å². The van der Waals surface area contributed by atoms with Crippen molar-refractivity contribution in [2.75, 3.05) is 34.2 Å². The predicted octanol–water partition coefficient (Wildman–Crippen LogP) is 1.73. The quantitative estimate of drug-likeness (QED) is 0.715. The standard InChI is InChI=1S/C11H18ClN3/c1-14(2)7-8-15(3)9-10-5-4-6-13-11(10)12/h4-6H,7-9H2,1-3H3. The molecule has 1 aromatic heterocycles. The summed E-state index contributed by atoms with van der Waals surface area (Å²) in [6, 6.07) is 3.93. The molecular formula is C11H18ClN3. The van der Waals surface area contributed by atoms with Gasteiger partial charge in [0.1, 0.15) is 5.15 Å². The van der Waals surface area contributed by atoms with Gasteiger partial charge in [0.25, 0.3) is 0 Å². The van der Waals surface area contributed by atoms with Gasteiger partial charge in [0, 0.05) is 31.4 Å². The number of nitrogens with zero attached hydrogens (tertiary/aromatic N) is 3. The van der Waals surface area contributed by atoms with Gasteiger partial charge in [-0.3, -0.25) is 0 Å². The fourth-order valence-electron chi connectivity index (χ4n) is 1.28. The van der Waals surface area contributed by atoms with Crippen LogP contribution in [0.15, 0.2) is 18.3 Å². The highest BCUT2D eigenvalue weighted by molar-refractivity contribution is 6.30. The highest BCUT2D eigenvalue weighted by Gasteiger charge is 2.04. The summed E-state index contributed by atoms with van der Waals surface area (Å²) in [5, 5.41) is 0.606. The second kappa shape index (κ2) is 6.05. The minimum atomic E-state index is 0.606. The first-order valence-electron chi connectivity index (χ1n) is 5.02. The third kappa shape index (κ3) is 4.60. The van der Waals surface area contributed by atoms with Crippen molar-refractivity contribution in [2.24, 2.45) is 0 Å². The summed E-state index contributed by atoms with van der Waals surface area (Å²) < 4.78 is 0. The second-order valence-electron chi connectivity index (χ2n) is 3.99. The van der Waals surface area contributed by atoms with Crippen molar-refractivity contribution >= 4 is 11.6 Å². The molecule has 0 atom stereocenters. The van der Waals surface area contributed by atoms with Crippen molar-refractivity contribution in [2.45, 2.75) is 6.54 Å². The molecule has 0 spiro atoms. The molecule has 1 heterocycles. The van der Waals surface area contributed by atoms with Gasteiger partial charge < -0.3 is 9.80 Å². The molecule has 0 bridgehead atoms. The van der Waals surface area contributed by atoms with Gasteiger partial charge >= 0.3 is 0 Å². The number of likely N-dealkylation sites (N-methyl/N-ethyl adjacent to an activating group) is 2. The second-order valence-corrected chi connectivity index (χ2v) is 4.35. The molecule has 0 saturated heterocycles. The van der Waals surface area contributed by atoms with E-state index in [4.69, 9.17) is 11.6 Å². The molecule has 0 N–H and O–H groups in total. The normalized spacial score (nSPS) is 11.3. The van der Waals surface area contributed by atoms with Crippen LogP contribution in [0.4, 0.5) is 0 Å². The van der Waals surface area contributed by atoms with E-state index in [0.29, 0.717) is 5.15 Å². The van der Waals surface area contributed by atoms with E-state index in [1.165, 1.54) is 0 Å². The minimum Gasteiger partial charge on any atom is -0.308 e. The zero-order valence-corrected chi connectivity index (χ0v) is 10.3. The van der Waals surface area contributed by atoms with Crippen LogP contribution in [0.1, 0.15) is 5.56 Å². The summed E-state index contributed by atoms with van der Waals surface area (Å²) in [5.74, 6) is 0. The van der Waals surface area contributed by atoms with Gasteiger partial charge in [0.15, 0.2) is 0 Å². The van der Waals surface area contributed by atoms with Gasteiger partial charge in [0.2, 0.25) is 0 Å². The lowest BCUT2D eigenvalue weighted by Gasteiger charge is -2.19. The molecule has 0 radical (unpaired) electrons. The summed E-state index contributed by atoms with van der Waals surface area (Å²) in [6.45, 7) is 2.92. The van der Waals surface area contributed by atoms with E-state index >= 15 is 0 Å². The summed E-state index contributed by atoms with van der Waals surface area (Å²) in [5.41, 5.74) is 1.08. The first kappa shape index (κ1) is 12.4. The average Bonchev–Trinajstić information content (AvgIpc) is 2.18. The van der Waals surface area contributed by atoms with Gasteiger partial charge in [-0.25, -0.2) is 4.98 Å². The Hall–Kier alpha value is -0.640. The van der Waals surface area contributed by atoms with Crippen molar-refractivity contribution in [1.82, 2.24) is 14.8 Å². The highest BCUT2D eigenvalue weighted by atomic mass is 35.5. The van der Waals surface area contributed by atoms with Crippen molar-refractivity contribution in [3.05, 3.63) is 29.0 Å². The number of hydrogen-bond acceptors (Lipinski definition) is 3. The molecule has 0 fully saturated rings. The molecule has 15 heavy (non-hydrogen) atoms. The summed E-state index contributed by atoms with van der Waals surface area (Å²) in [4.78, 5) is 8.46. The molecule has 84 valence electrons. The predicted molar refractivity (Wildman–Crippen MR) is 64.1 cm³/mol. The maximum absolute atomic E-state index is 5.98. The number of aromatic nitrogens is 1. The first-order valence-corrected chi connectivity index (χ1v) is 5.40. The van der Waals surface area contributed by atoms with E-state index in [1.54, 1.807) is 6.20 Å². The third-order valence-corrected chi connectivity index (χ3v) is 2.55. The molecule has 0 aliphatic rings. The topological polar surface area (TPSA) is 19.4 Å². The Balaban J connectivity index is 2.44. The molecule has 0 aliphatic carbocycles. The summed E-state index contributed by atoms with van der Waals surface area (Å²) >= 11 is 5.98. The van der Waals surface area contributed by atoms with E-state index in [2.05, 4.69) is 35.9 Å². The van der Waals surface area contributed by atoms with E-state index in [1.807, 2.05) is 12.1 Å². The Labute approximate surface area is 96.7 Å². The molecular weight excluding hydrogens is 210 g/mol. The molecule has 1 rings (SSSR count). The Morgan fingerprint density at radius 2 is 2.00 bits per heavy atom. The monoisotopic (exact) mass is 227 g/mol. The van der Waals surface area contributed by atoms with E-state index in [9.17, 15) is 0 Å². The zero-order chi connectivity index (χ0) is 11.3. The fourth-order valence-corrected chi connectivity index (χ4v) is 1.46. The minimum absolute atomic E-state index is 0.606. The van der Waals surface area contributed by atoms with Crippen LogP contribution in [-0.2, 0) is 6.54 Å². The molecule has 0 aliphatic heterocycles.